The van der Waals surface area contributed by atoms with Gasteiger partial charge in [0.15, 0.2) is 6.23 Å². The number of nitrogens with zero attached hydrogens (tertiary/aromatic N) is 2. The van der Waals surface area contributed by atoms with Gasteiger partial charge in [-0.2, -0.15) is 0 Å². The molecule has 1 aromatic heterocycles. The Labute approximate surface area is 149 Å². The quantitative estimate of drug-likeness (QED) is 0.600. The van der Waals surface area contributed by atoms with Gasteiger partial charge in [0.05, 0.1) is 6.61 Å². The summed E-state index contributed by atoms with van der Waals surface area (Å²) in [5, 5.41) is 29.3. The number of aromatic nitrogens is 2. The van der Waals surface area contributed by atoms with Crippen molar-refractivity contribution in [1.82, 2.24) is 9.55 Å². The zero-order valence-electron chi connectivity index (χ0n) is 13.3. The fourth-order valence-corrected chi connectivity index (χ4v) is 2.92. The van der Waals surface area contributed by atoms with E-state index in [9.17, 15) is 15.3 Å². The molecule has 0 radical (unpaired) electrons. The minimum absolute atomic E-state index is 0.115. The van der Waals surface area contributed by atoms with Crippen LogP contribution in [0.5, 0.6) is 0 Å². The Bertz CT molecular complexity index is 824. The largest absolute Gasteiger partial charge is 0.394 e. The van der Waals surface area contributed by atoms with E-state index >= 15 is 0 Å². The van der Waals surface area contributed by atoms with E-state index < -0.39 is 31.1 Å². The predicted molar refractivity (Wildman–Crippen MR) is 95.9 cm³/mol. The molecule has 0 bridgehead atoms. The van der Waals surface area contributed by atoms with Crippen molar-refractivity contribution in [3.63, 3.8) is 0 Å². The van der Waals surface area contributed by atoms with Gasteiger partial charge in [-0.1, -0.05) is 36.4 Å². The number of benzene rings is 1. The van der Waals surface area contributed by atoms with Crippen molar-refractivity contribution >= 4 is 30.2 Å². The maximum absolute atomic E-state index is 10.2. The summed E-state index contributed by atoms with van der Waals surface area (Å²) in [5.74, 6) is 0.250. The van der Waals surface area contributed by atoms with Crippen molar-refractivity contribution in [2.24, 2.45) is 0 Å². The molecule has 0 amide bonds. The Morgan fingerprint density at radius 1 is 1.20 bits per heavy atom. The summed E-state index contributed by atoms with van der Waals surface area (Å²) in [6, 6.07) is 9.66. The molecule has 5 N–H and O–H groups in total. The highest BCUT2D eigenvalue weighted by Crippen LogP contribution is 2.30. The van der Waals surface area contributed by atoms with Gasteiger partial charge in [0.2, 0.25) is 4.77 Å². The van der Waals surface area contributed by atoms with Crippen LogP contribution in [-0.4, -0.2) is 49.8 Å². The molecule has 0 unspecified atom stereocenters. The van der Waals surface area contributed by atoms with E-state index in [1.54, 1.807) is 12.3 Å². The Hall–Kier alpha value is -2.10. The summed E-state index contributed by atoms with van der Waals surface area (Å²) < 4.78 is 7.05. The SMILES string of the molecule is Nc1nc(=S)n([C@@H]2O[C@H](CO)[C@@H](O)[C@@H]2O)cc1/C=C/c1ccccc1. The van der Waals surface area contributed by atoms with E-state index in [0.29, 0.717) is 5.56 Å². The molecule has 1 saturated heterocycles. The first kappa shape index (κ1) is 17.7. The van der Waals surface area contributed by atoms with E-state index in [2.05, 4.69) is 4.98 Å². The predicted octanol–water partition coefficient (Wildman–Crippen LogP) is 0.977. The Balaban J connectivity index is 1.94. The average molecular weight is 361 g/mol. The van der Waals surface area contributed by atoms with Crippen LogP contribution >= 0.6 is 12.2 Å². The number of hydrogen-bond acceptors (Lipinski definition) is 7. The van der Waals surface area contributed by atoms with Gasteiger partial charge in [0.25, 0.3) is 0 Å². The van der Waals surface area contributed by atoms with Crippen LogP contribution in [0.15, 0.2) is 36.5 Å². The number of aliphatic hydroxyl groups excluding tert-OH is 3. The van der Waals surface area contributed by atoms with E-state index in [0.717, 1.165) is 5.56 Å². The molecule has 1 fully saturated rings. The fourth-order valence-electron chi connectivity index (χ4n) is 2.67. The van der Waals surface area contributed by atoms with Gasteiger partial charge in [0, 0.05) is 11.8 Å². The lowest BCUT2D eigenvalue weighted by molar-refractivity contribution is -0.0540. The van der Waals surface area contributed by atoms with E-state index in [1.165, 1.54) is 4.57 Å². The first-order valence-electron chi connectivity index (χ1n) is 7.75. The second-order valence-electron chi connectivity index (χ2n) is 5.74. The zero-order valence-corrected chi connectivity index (χ0v) is 14.1. The summed E-state index contributed by atoms with van der Waals surface area (Å²) in [5.41, 5.74) is 7.52. The Morgan fingerprint density at radius 2 is 1.92 bits per heavy atom. The lowest BCUT2D eigenvalue weighted by Crippen LogP contribution is -2.33. The van der Waals surface area contributed by atoms with Crippen LogP contribution in [-0.2, 0) is 4.74 Å². The summed E-state index contributed by atoms with van der Waals surface area (Å²) in [7, 11) is 0. The van der Waals surface area contributed by atoms with E-state index in [1.807, 2.05) is 36.4 Å². The van der Waals surface area contributed by atoms with Gasteiger partial charge in [-0.05, 0) is 23.9 Å². The number of nitrogen functional groups attached to an aromatic ring is 1. The first-order valence-corrected chi connectivity index (χ1v) is 8.16. The number of aliphatic hydroxyl groups is 3. The van der Waals surface area contributed by atoms with Gasteiger partial charge in [0.1, 0.15) is 24.1 Å². The second-order valence-corrected chi connectivity index (χ2v) is 6.11. The third-order valence-electron chi connectivity index (χ3n) is 4.06. The highest BCUT2D eigenvalue weighted by molar-refractivity contribution is 7.71. The summed E-state index contributed by atoms with van der Waals surface area (Å²) in [6.45, 7) is -0.411. The third-order valence-corrected chi connectivity index (χ3v) is 4.36. The van der Waals surface area contributed by atoms with Crippen LogP contribution in [0.3, 0.4) is 0 Å². The molecule has 4 atom stereocenters. The molecule has 2 aromatic rings. The summed E-state index contributed by atoms with van der Waals surface area (Å²) >= 11 is 5.19. The molecular formula is C17H19N3O4S. The highest BCUT2D eigenvalue weighted by atomic mass is 32.1. The molecular weight excluding hydrogens is 342 g/mol. The van der Waals surface area contributed by atoms with Crippen LogP contribution < -0.4 is 5.73 Å². The minimum Gasteiger partial charge on any atom is -0.394 e. The normalized spacial score (nSPS) is 26.4. The van der Waals surface area contributed by atoms with Crippen molar-refractivity contribution in [2.45, 2.75) is 24.5 Å². The molecule has 1 aromatic carbocycles. The first-order chi connectivity index (χ1) is 12.0. The summed E-state index contributed by atoms with van der Waals surface area (Å²) in [4.78, 5) is 4.11. The van der Waals surface area contributed by atoms with Crippen LogP contribution in [0, 0.1) is 4.77 Å². The number of rotatable bonds is 4. The number of hydrogen-bond donors (Lipinski definition) is 4. The molecule has 7 nitrogen and oxygen atoms in total. The Kier molecular flexibility index (Phi) is 5.26. The number of anilines is 1. The van der Waals surface area contributed by atoms with Crippen molar-refractivity contribution in [3.05, 3.63) is 52.4 Å². The fraction of sp³-hybridized carbons (Fsp3) is 0.294. The smallest absolute Gasteiger partial charge is 0.203 e. The third kappa shape index (κ3) is 3.63. The summed E-state index contributed by atoms with van der Waals surface area (Å²) in [6.07, 6.45) is 0.990. The van der Waals surface area contributed by atoms with Crippen LogP contribution in [0.2, 0.25) is 0 Å². The van der Waals surface area contributed by atoms with Crippen molar-refractivity contribution < 1.29 is 20.1 Å². The van der Waals surface area contributed by atoms with E-state index in [-0.39, 0.29) is 10.6 Å². The minimum atomic E-state index is -1.24. The number of ether oxygens (including phenoxy) is 1. The monoisotopic (exact) mass is 361 g/mol. The van der Waals surface area contributed by atoms with Crippen LogP contribution in [0.4, 0.5) is 5.82 Å². The van der Waals surface area contributed by atoms with Gasteiger partial charge in [-0.25, -0.2) is 4.98 Å². The lowest BCUT2D eigenvalue weighted by atomic mass is 10.1. The van der Waals surface area contributed by atoms with Crippen LogP contribution in [0.25, 0.3) is 12.2 Å². The van der Waals surface area contributed by atoms with Crippen molar-refractivity contribution in [2.75, 3.05) is 12.3 Å². The lowest BCUT2D eigenvalue weighted by Gasteiger charge is -2.19. The highest BCUT2D eigenvalue weighted by Gasteiger charge is 2.43. The molecule has 1 aliphatic rings. The van der Waals surface area contributed by atoms with Crippen LogP contribution in [0.1, 0.15) is 17.4 Å². The molecule has 1 aliphatic heterocycles. The molecule has 0 spiro atoms. The molecule has 132 valence electrons. The topological polar surface area (TPSA) is 114 Å². The molecule has 0 saturated carbocycles. The average Bonchev–Trinajstić information content (AvgIpc) is 2.90. The van der Waals surface area contributed by atoms with Gasteiger partial charge in [-0.15, -0.1) is 0 Å². The van der Waals surface area contributed by atoms with Gasteiger partial charge in [-0.3, -0.25) is 4.57 Å². The van der Waals surface area contributed by atoms with Gasteiger partial charge >= 0.3 is 0 Å². The van der Waals surface area contributed by atoms with Crippen molar-refractivity contribution in [1.29, 1.82) is 0 Å². The maximum atomic E-state index is 10.2. The zero-order chi connectivity index (χ0) is 18.0. The second kappa shape index (κ2) is 7.42. The van der Waals surface area contributed by atoms with E-state index in [4.69, 9.17) is 22.7 Å². The maximum Gasteiger partial charge on any atom is 0.203 e. The van der Waals surface area contributed by atoms with Crippen molar-refractivity contribution in [3.8, 4) is 0 Å². The number of nitrogens with two attached hydrogens (primary N) is 1. The molecule has 2 heterocycles. The molecule has 8 heteroatoms. The van der Waals surface area contributed by atoms with Gasteiger partial charge < -0.3 is 25.8 Å². The molecule has 0 aliphatic carbocycles. The molecule has 25 heavy (non-hydrogen) atoms. The molecule has 3 rings (SSSR count). The Morgan fingerprint density at radius 3 is 2.56 bits per heavy atom. The standard InChI is InChI=1S/C17H19N3O4S/c18-15-11(7-6-10-4-2-1-3-5-10)8-20(17(25)19-15)16-14(23)13(22)12(9-21)24-16/h1-8,12-14,16,21-23H,9H2,(H2,18,19,25)/b7-6+/t12-,13-,14+,16-/m1/s1.